The van der Waals surface area contributed by atoms with Gasteiger partial charge in [0.25, 0.3) is 17.5 Å². The third-order valence-corrected chi connectivity index (χ3v) is 2.71. The van der Waals surface area contributed by atoms with Gasteiger partial charge in [-0.2, -0.15) is 0 Å². The molecule has 0 radical (unpaired) electrons. The van der Waals surface area contributed by atoms with Gasteiger partial charge in [0.15, 0.2) is 0 Å². The fraction of sp³-hybridized carbons (Fsp3) is 0.182. The third kappa shape index (κ3) is 2.03. The Morgan fingerprint density at radius 3 is 2.53 bits per heavy atom. The minimum atomic E-state index is -1.41. The summed E-state index contributed by atoms with van der Waals surface area (Å²) in [4.78, 5) is 44.9. The molecule has 0 saturated carbocycles. The number of carboxylic acids is 1. The maximum atomic E-state index is 11.9. The van der Waals surface area contributed by atoms with Gasteiger partial charge in [0.1, 0.15) is 5.56 Å². The lowest BCUT2D eigenvalue weighted by atomic mass is 10.1. The molecule has 0 spiro atoms. The predicted molar refractivity (Wildman–Crippen MR) is 58.1 cm³/mol. The Kier molecular flexibility index (Phi) is 2.99. The van der Waals surface area contributed by atoms with Crippen molar-refractivity contribution in [2.24, 2.45) is 0 Å². The summed E-state index contributed by atoms with van der Waals surface area (Å²) < 4.78 is 0. The number of rotatable bonds is 4. The van der Waals surface area contributed by atoms with Gasteiger partial charge in [0, 0.05) is 25.0 Å². The summed E-state index contributed by atoms with van der Waals surface area (Å²) in [5, 5.41) is 21.2. The molecule has 1 aliphatic rings. The predicted octanol–water partition coefficient (Wildman–Crippen LogP) is -0.669. The average molecular weight is 263 g/mol. The molecular formula is C11H7N2O6-. The van der Waals surface area contributed by atoms with Crippen LogP contribution in [0.15, 0.2) is 18.2 Å². The van der Waals surface area contributed by atoms with Gasteiger partial charge in [-0.15, -0.1) is 0 Å². The first kappa shape index (κ1) is 12.7. The van der Waals surface area contributed by atoms with Crippen molar-refractivity contribution in [3.63, 3.8) is 0 Å². The lowest BCUT2D eigenvalue weighted by Gasteiger charge is -2.13. The van der Waals surface area contributed by atoms with Gasteiger partial charge in [0.05, 0.1) is 10.5 Å². The van der Waals surface area contributed by atoms with E-state index in [0.717, 1.165) is 6.07 Å². The summed E-state index contributed by atoms with van der Waals surface area (Å²) in [5.41, 5.74) is -0.847. The van der Waals surface area contributed by atoms with Crippen LogP contribution in [-0.4, -0.2) is 34.2 Å². The number of imide groups is 1. The minimum Gasteiger partial charge on any atom is -0.550 e. The summed E-state index contributed by atoms with van der Waals surface area (Å²) in [5.74, 6) is -3.00. The lowest BCUT2D eigenvalue weighted by Crippen LogP contribution is -2.35. The van der Waals surface area contributed by atoms with Crippen LogP contribution in [0, 0.1) is 10.1 Å². The van der Waals surface area contributed by atoms with Gasteiger partial charge in [-0.1, -0.05) is 6.07 Å². The summed E-state index contributed by atoms with van der Waals surface area (Å²) in [7, 11) is 0. The number of carboxylic acid groups (broad SMARTS) is 1. The number of nitrogens with zero attached hydrogens (tertiary/aromatic N) is 2. The van der Waals surface area contributed by atoms with Crippen LogP contribution >= 0.6 is 0 Å². The van der Waals surface area contributed by atoms with Gasteiger partial charge >= 0.3 is 0 Å². The standard InChI is InChI=1S/C11H8N2O6/c14-8(15)4-5-12-10(16)6-2-1-3-7(13(18)19)9(6)11(12)17/h1-3H,4-5H2,(H,14,15)/p-1. The topological polar surface area (TPSA) is 121 Å². The van der Waals surface area contributed by atoms with Crippen molar-refractivity contribution in [2.75, 3.05) is 6.54 Å². The second-order valence-corrected chi connectivity index (χ2v) is 3.84. The molecule has 0 aliphatic carbocycles. The van der Waals surface area contributed by atoms with Crippen LogP contribution in [0.1, 0.15) is 27.1 Å². The Labute approximate surface area is 106 Å². The first-order chi connectivity index (χ1) is 8.93. The molecule has 0 N–H and O–H groups in total. The maximum absolute atomic E-state index is 11.9. The van der Waals surface area contributed by atoms with Gasteiger partial charge in [-0.3, -0.25) is 24.6 Å². The number of nitro groups is 1. The number of amides is 2. The van der Waals surface area contributed by atoms with Gasteiger partial charge < -0.3 is 9.90 Å². The molecule has 8 heteroatoms. The zero-order valence-electron chi connectivity index (χ0n) is 9.49. The van der Waals surface area contributed by atoms with E-state index in [1.807, 2.05) is 0 Å². The number of hydrogen-bond acceptors (Lipinski definition) is 6. The van der Waals surface area contributed by atoms with Crippen LogP contribution in [-0.2, 0) is 4.79 Å². The highest BCUT2D eigenvalue weighted by molar-refractivity contribution is 6.23. The minimum absolute atomic E-state index is 0.0856. The van der Waals surface area contributed by atoms with E-state index in [1.165, 1.54) is 12.1 Å². The quantitative estimate of drug-likeness (QED) is 0.403. The molecule has 0 fully saturated rings. The molecule has 98 valence electrons. The monoisotopic (exact) mass is 263 g/mol. The number of carbonyl (C=O) groups is 3. The van der Waals surface area contributed by atoms with E-state index in [-0.39, 0.29) is 17.7 Å². The van der Waals surface area contributed by atoms with E-state index >= 15 is 0 Å². The van der Waals surface area contributed by atoms with Crippen LogP contribution in [0.2, 0.25) is 0 Å². The zero-order chi connectivity index (χ0) is 14.2. The van der Waals surface area contributed by atoms with Crippen molar-refractivity contribution in [1.29, 1.82) is 0 Å². The average Bonchev–Trinajstić information content (AvgIpc) is 2.59. The van der Waals surface area contributed by atoms with Gasteiger partial charge in [-0.25, -0.2) is 0 Å². The highest BCUT2D eigenvalue weighted by atomic mass is 16.6. The molecule has 1 aliphatic heterocycles. The summed E-state index contributed by atoms with van der Waals surface area (Å²) in [6.45, 7) is -0.369. The highest BCUT2D eigenvalue weighted by Crippen LogP contribution is 2.30. The Morgan fingerprint density at radius 1 is 1.26 bits per heavy atom. The summed E-state index contributed by atoms with van der Waals surface area (Å²) in [6.07, 6.45) is -0.515. The summed E-state index contributed by atoms with van der Waals surface area (Å²) in [6, 6.07) is 3.71. The van der Waals surface area contributed by atoms with Gasteiger partial charge in [-0.05, 0) is 6.07 Å². The molecule has 2 rings (SSSR count). The molecule has 1 aromatic carbocycles. The molecule has 1 aromatic rings. The molecule has 8 nitrogen and oxygen atoms in total. The highest BCUT2D eigenvalue weighted by Gasteiger charge is 2.40. The first-order valence-corrected chi connectivity index (χ1v) is 5.27. The number of benzene rings is 1. The summed E-state index contributed by atoms with van der Waals surface area (Å²) >= 11 is 0. The van der Waals surface area contributed by atoms with E-state index < -0.39 is 34.8 Å². The van der Waals surface area contributed by atoms with Crippen molar-refractivity contribution >= 4 is 23.5 Å². The SMILES string of the molecule is O=C([O-])CCN1C(=O)c2cccc([N+](=O)[O-])c2C1=O. The molecule has 2 amide bonds. The van der Waals surface area contributed by atoms with Crippen LogP contribution in [0.25, 0.3) is 0 Å². The largest absolute Gasteiger partial charge is 0.550 e. The van der Waals surface area contributed by atoms with Crippen LogP contribution in [0.4, 0.5) is 5.69 Å². The number of carbonyl (C=O) groups excluding carboxylic acids is 3. The van der Waals surface area contributed by atoms with Crippen LogP contribution in [0.5, 0.6) is 0 Å². The fourth-order valence-electron chi connectivity index (χ4n) is 1.87. The van der Waals surface area contributed by atoms with Crippen LogP contribution < -0.4 is 5.11 Å². The van der Waals surface area contributed by atoms with Crippen molar-refractivity contribution < 1.29 is 24.4 Å². The van der Waals surface area contributed by atoms with E-state index in [0.29, 0.717) is 4.90 Å². The van der Waals surface area contributed by atoms with Crippen molar-refractivity contribution in [1.82, 2.24) is 4.90 Å². The second-order valence-electron chi connectivity index (χ2n) is 3.84. The molecular weight excluding hydrogens is 256 g/mol. The zero-order valence-corrected chi connectivity index (χ0v) is 9.49. The number of hydrogen-bond donors (Lipinski definition) is 0. The number of fused-ring (bicyclic) bond motifs is 1. The third-order valence-electron chi connectivity index (χ3n) is 2.71. The van der Waals surface area contributed by atoms with Crippen molar-refractivity contribution in [3.8, 4) is 0 Å². The Morgan fingerprint density at radius 2 is 1.95 bits per heavy atom. The molecule has 0 atom stereocenters. The Hall–Kier alpha value is -2.77. The maximum Gasteiger partial charge on any atom is 0.282 e. The van der Waals surface area contributed by atoms with Gasteiger partial charge in [0.2, 0.25) is 0 Å². The molecule has 0 saturated heterocycles. The molecule has 0 bridgehead atoms. The molecule has 1 heterocycles. The van der Waals surface area contributed by atoms with E-state index in [1.54, 1.807) is 0 Å². The van der Waals surface area contributed by atoms with E-state index in [9.17, 15) is 29.6 Å². The smallest absolute Gasteiger partial charge is 0.282 e. The molecule has 0 unspecified atom stereocenters. The number of aliphatic carboxylic acids is 1. The molecule has 19 heavy (non-hydrogen) atoms. The fourth-order valence-corrected chi connectivity index (χ4v) is 1.87. The lowest BCUT2D eigenvalue weighted by molar-refractivity contribution is -0.385. The first-order valence-electron chi connectivity index (χ1n) is 5.27. The normalized spacial score (nSPS) is 13.6. The Balaban J connectivity index is 2.41. The molecule has 0 aromatic heterocycles. The second kappa shape index (κ2) is 4.48. The van der Waals surface area contributed by atoms with Crippen molar-refractivity contribution in [3.05, 3.63) is 39.4 Å². The van der Waals surface area contributed by atoms with E-state index in [4.69, 9.17) is 0 Å². The van der Waals surface area contributed by atoms with E-state index in [2.05, 4.69) is 0 Å². The van der Waals surface area contributed by atoms with Crippen LogP contribution in [0.3, 0.4) is 0 Å². The Bertz CT molecular complexity index is 609. The number of nitro benzene ring substituents is 1. The van der Waals surface area contributed by atoms with Crippen molar-refractivity contribution in [2.45, 2.75) is 6.42 Å².